The number of ether oxygens (including phenoxy) is 2. The zero-order valence-electron chi connectivity index (χ0n) is 13.6. The number of nitrogens with one attached hydrogen (secondary N) is 1. The highest BCUT2D eigenvalue weighted by molar-refractivity contribution is 7.07. The van der Waals surface area contributed by atoms with Crippen LogP contribution in [0.15, 0.2) is 41.1 Å². The van der Waals surface area contributed by atoms with Gasteiger partial charge in [0.25, 0.3) is 5.91 Å². The molecular formula is C17H22N2O3S. The van der Waals surface area contributed by atoms with Gasteiger partial charge >= 0.3 is 0 Å². The molecule has 0 saturated heterocycles. The average Bonchev–Trinajstić information content (AvgIpc) is 3.07. The summed E-state index contributed by atoms with van der Waals surface area (Å²) in [6.45, 7) is 0.502. The molecule has 0 fully saturated rings. The van der Waals surface area contributed by atoms with Gasteiger partial charge in [-0.1, -0.05) is 12.1 Å². The van der Waals surface area contributed by atoms with E-state index in [2.05, 4.69) is 21.7 Å². The van der Waals surface area contributed by atoms with Gasteiger partial charge in [-0.15, -0.1) is 0 Å². The van der Waals surface area contributed by atoms with Crippen molar-refractivity contribution in [1.82, 2.24) is 10.2 Å². The fraction of sp³-hybridized carbons (Fsp3) is 0.353. The second-order valence-corrected chi connectivity index (χ2v) is 6.06. The molecule has 0 bridgehead atoms. The average molecular weight is 334 g/mol. The minimum atomic E-state index is -0.155. The summed E-state index contributed by atoms with van der Waals surface area (Å²) < 4.78 is 10.7. The van der Waals surface area contributed by atoms with Crippen molar-refractivity contribution in [3.8, 4) is 11.5 Å². The summed E-state index contributed by atoms with van der Waals surface area (Å²) in [5, 5.41) is 7.06. The molecule has 1 atom stereocenters. The van der Waals surface area contributed by atoms with Crippen molar-refractivity contribution in [2.45, 2.75) is 6.04 Å². The highest BCUT2D eigenvalue weighted by Gasteiger charge is 2.16. The molecule has 0 aliphatic rings. The predicted molar refractivity (Wildman–Crippen MR) is 92.2 cm³/mol. The van der Waals surface area contributed by atoms with E-state index in [0.717, 1.165) is 0 Å². The van der Waals surface area contributed by atoms with Crippen molar-refractivity contribution in [2.24, 2.45) is 0 Å². The summed E-state index contributed by atoms with van der Waals surface area (Å²) in [6, 6.07) is 9.50. The van der Waals surface area contributed by atoms with Crippen molar-refractivity contribution in [3.05, 3.63) is 46.7 Å². The first-order chi connectivity index (χ1) is 11.1. The summed E-state index contributed by atoms with van der Waals surface area (Å²) in [7, 11) is 5.57. The smallest absolute Gasteiger partial charge is 0.258 e. The zero-order valence-corrected chi connectivity index (χ0v) is 14.4. The molecule has 1 unspecified atom stereocenters. The fourth-order valence-electron chi connectivity index (χ4n) is 2.21. The normalized spacial score (nSPS) is 12.0. The molecule has 5 nitrogen and oxygen atoms in total. The molecule has 1 heterocycles. The molecule has 0 saturated carbocycles. The van der Waals surface area contributed by atoms with Crippen molar-refractivity contribution >= 4 is 17.2 Å². The molecule has 1 N–H and O–H groups in total. The molecule has 0 aliphatic heterocycles. The van der Waals surface area contributed by atoms with Crippen LogP contribution in [0.25, 0.3) is 0 Å². The molecule has 0 spiro atoms. The third-order valence-electron chi connectivity index (χ3n) is 3.47. The predicted octanol–water partition coefficient (Wildman–Crippen LogP) is 2.55. The first-order valence-corrected chi connectivity index (χ1v) is 8.27. The van der Waals surface area contributed by atoms with Crippen molar-refractivity contribution in [3.63, 3.8) is 0 Å². The minimum Gasteiger partial charge on any atom is -0.493 e. The van der Waals surface area contributed by atoms with E-state index in [1.54, 1.807) is 30.6 Å². The molecule has 124 valence electrons. The third-order valence-corrected chi connectivity index (χ3v) is 4.17. The highest BCUT2D eigenvalue weighted by Crippen LogP contribution is 2.25. The van der Waals surface area contributed by atoms with Crippen LogP contribution in [0.1, 0.15) is 11.6 Å². The molecule has 0 aliphatic carbocycles. The van der Waals surface area contributed by atoms with Crippen LogP contribution in [0, 0.1) is 0 Å². The summed E-state index contributed by atoms with van der Waals surface area (Å²) >= 11 is 1.65. The van der Waals surface area contributed by atoms with Gasteiger partial charge in [0.1, 0.15) is 0 Å². The van der Waals surface area contributed by atoms with Gasteiger partial charge in [0.15, 0.2) is 18.1 Å². The number of carbonyl (C=O) groups is 1. The Balaban J connectivity index is 1.85. The summed E-state index contributed by atoms with van der Waals surface area (Å²) in [4.78, 5) is 14.1. The topological polar surface area (TPSA) is 50.8 Å². The first kappa shape index (κ1) is 17.3. The maximum absolute atomic E-state index is 12.0. The van der Waals surface area contributed by atoms with Crippen molar-refractivity contribution in [2.75, 3.05) is 34.4 Å². The number of rotatable bonds is 8. The Hall–Kier alpha value is -2.05. The second-order valence-electron chi connectivity index (χ2n) is 5.28. The van der Waals surface area contributed by atoms with E-state index < -0.39 is 0 Å². The van der Waals surface area contributed by atoms with Crippen molar-refractivity contribution < 1.29 is 14.3 Å². The number of hydrogen-bond donors (Lipinski definition) is 1. The number of carbonyl (C=O) groups excluding carboxylic acids is 1. The maximum Gasteiger partial charge on any atom is 0.258 e. The fourth-order valence-corrected chi connectivity index (χ4v) is 2.91. The number of thiophene rings is 1. The maximum atomic E-state index is 12.0. The monoisotopic (exact) mass is 334 g/mol. The Morgan fingerprint density at radius 3 is 2.61 bits per heavy atom. The standard InChI is InChI=1S/C17H22N2O3S/c1-19(2)14(13-8-9-23-12-13)10-18-17(20)11-22-16-7-5-4-6-15(16)21-3/h4-9,12,14H,10-11H2,1-3H3,(H,18,20). The molecule has 1 amide bonds. The SMILES string of the molecule is COc1ccccc1OCC(=O)NCC(c1ccsc1)N(C)C. The Labute approximate surface area is 140 Å². The molecule has 6 heteroatoms. The highest BCUT2D eigenvalue weighted by atomic mass is 32.1. The van der Waals surface area contributed by atoms with Gasteiger partial charge in [0.05, 0.1) is 13.2 Å². The molecule has 23 heavy (non-hydrogen) atoms. The molecule has 1 aromatic carbocycles. The summed E-state index contributed by atoms with van der Waals surface area (Å²) in [5.74, 6) is 1.02. The zero-order chi connectivity index (χ0) is 16.7. The van der Waals surface area contributed by atoms with E-state index in [9.17, 15) is 4.79 Å². The van der Waals surface area contributed by atoms with Gasteiger partial charge in [-0.25, -0.2) is 0 Å². The van der Waals surface area contributed by atoms with E-state index >= 15 is 0 Å². The lowest BCUT2D eigenvalue weighted by Crippen LogP contribution is -2.36. The number of para-hydroxylation sites is 2. The molecule has 0 radical (unpaired) electrons. The largest absolute Gasteiger partial charge is 0.493 e. The van der Waals surface area contributed by atoms with Crippen LogP contribution in [-0.4, -0.2) is 45.2 Å². The van der Waals surface area contributed by atoms with Gasteiger partial charge in [-0.05, 0) is 48.6 Å². The quantitative estimate of drug-likeness (QED) is 0.806. The summed E-state index contributed by atoms with van der Waals surface area (Å²) in [5.41, 5.74) is 1.20. The lowest BCUT2D eigenvalue weighted by Gasteiger charge is -2.24. The molecule has 1 aromatic heterocycles. The number of methoxy groups -OCH3 is 1. The van der Waals surface area contributed by atoms with Crippen LogP contribution in [0.5, 0.6) is 11.5 Å². The van der Waals surface area contributed by atoms with E-state index in [1.807, 2.05) is 31.6 Å². The van der Waals surface area contributed by atoms with E-state index in [-0.39, 0.29) is 18.6 Å². The van der Waals surface area contributed by atoms with Crippen LogP contribution < -0.4 is 14.8 Å². The first-order valence-electron chi connectivity index (χ1n) is 7.33. The van der Waals surface area contributed by atoms with Gasteiger partial charge in [-0.2, -0.15) is 11.3 Å². The van der Waals surface area contributed by atoms with E-state index in [0.29, 0.717) is 18.0 Å². The second kappa shape index (κ2) is 8.55. The summed E-state index contributed by atoms with van der Waals surface area (Å²) in [6.07, 6.45) is 0. The van der Waals surface area contributed by atoms with Crippen LogP contribution in [0.4, 0.5) is 0 Å². The van der Waals surface area contributed by atoms with Gasteiger partial charge in [-0.3, -0.25) is 4.79 Å². The van der Waals surface area contributed by atoms with Gasteiger partial charge in [0.2, 0.25) is 0 Å². The van der Waals surface area contributed by atoms with E-state index in [1.165, 1.54) is 5.56 Å². The lowest BCUT2D eigenvalue weighted by molar-refractivity contribution is -0.123. The third kappa shape index (κ3) is 4.97. The van der Waals surface area contributed by atoms with Gasteiger partial charge < -0.3 is 19.7 Å². The van der Waals surface area contributed by atoms with Gasteiger partial charge in [0, 0.05) is 6.54 Å². The Kier molecular flexibility index (Phi) is 6.43. The van der Waals surface area contributed by atoms with Crippen LogP contribution in [0.2, 0.25) is 0 Å². The van der Waals surface area contributed by atoms with Crippen LogP contribution >= 0.6 is 11.3 Å². The Morgan fingerprint density at radius 2 is 2.00 bits per heavy atom. The number of hydrogen-bond acceptors (Lipinski definition) is 5. The number of benzene rings is 1. The molecule has 2 rings (SSSR count). The molecular weight excluding hydrogens is 312 g/mol. The van der Waals surface area contributed by atoms with E-state index in [4.69, 9.17) is 9.47 Å². The number of likely N-dealkylation sites (N-methyl/N-ethyl adjacent to an activating group) is 1. The van der Waals surface area contributed by atoms with Crippen LogP contribution in [0.3, 0.4) is 0 Å². The Morgan fingerprint density at radius 1 is 1.26 bits per heavy atom. The number of nitrogens with zero attached hydrogens (tertiary/aromatic N) is 1. The minimum absolute atomic E-state index is 0.0375. The van der Waals surface area contributed by atoms with Crippen LogP contribution in [-0.2, 0) is 4.79 Å². The lowest BCUT2D eigenvalue weighted by atomic mass is 10.1. The number of amides is 1. The Bertz CT molecular complexity index is 614. The van der Waals surface area contributed by atoms with Crippen molar-refractivity contribution in [1.29, 1.82) is 0 Å². The molecule has 2 aromatic rings.